The molecule has 4 aromatic carbocycles. The minimum Gasteiger partial charge on any atom is -0.493 e. The van der Waals surface area contributed by atoms with Gasteiger partial charge in [-0.15, -0.1) is 0 Å². The van der Waals surface area contributed by atoms with Gasteiger partial charge < -0.3 is 14.2 Å². The third-order valence-corrected chi connectivity index (χ3v) is 9.30. The van der Waals surface area contributed by atoms with E-state index in [2.05, 4.69) is 13.8 Å². The van der Waals surface area contributed by atoms with Crippen LogP contribution in [0.5, 0.6) is 11.5 Å². The summed E-state index contributed by atoms with van der Waals surface area (Å²) in [7, 11) is 1.58. The van der Waals surface area contributed by atoms with E-state index >= 15 is 0 Å². The van der Waals surface area contributed by atoms with Gasteiger partial charge in [-0.05, 0) is 53.8 Å². The number of aromatic nitrogens is 1. The highest BCUT2D eigenvalue weighted by Crippen LogP contribution is 2.36. The second-order valence-electron chi connectivity index (χ2n) is 11.6. The maximum Gasteiger partial charge on any atom is 0.338 e. The van der Waals surface area contributed by atoms with E-state index in [1.807, 2.05) is 97.1 Å². The molecule has 1 aliphatic rings. The molecular formula is C39H35ClN2O5S. The van der Waals surface area contributed by atoms with Crippen LogP contribution < -0.4 is 24.4 Å². The molecule has 1 aromatic heterocycles. The highest BCUT2D eigenvalue weighted by Gasteiger charge is 2.35. The van der Waals surface area contributed by atoms with Crippen molar-refractivity contribution in [1.82, 2.24) is 4.57 Å². The van der Waals surface area contributed by atoms with Crippen LogP contribution in [0.2, 0.25) is 5.02 Å². The summed E-state index contributed by atoms with van der Waals surface area (Å²) in [5, 5.41) is 0.614. The predicted molar refractivity (Wildman–Crippen MR) is 190 cm³/mol. The number of hydrogen-bond acceptors (Lipinski definition) is 7. The average Bonchev–Trinajstić information content (AvgIpc) is 3.41. The Labute approximate surface area is 288 Å². The SMILES string of the molecule is CCOC(=O)C1=C(c2ccccc2)N=c2s/c(=C\c3cccc(OC)c3OCc3cccc(Cl)c3)c(=O)n2[C@@H]1c1ccc(C(C)C)cc1. The van der Waals surface area contributed by atoms with Gasteiger partial charge in [0, 0.05) is 16.1 Å². The number of rotatable bonds is 10. The van der Waals surface area contributed by atoms with Crippen LogP contribution >= 0.6 is 22.9 Å². The van der Waals surface area contributed by atoms with E-state index in [9.17, 15) is 9.59 Å². The molecule has 0 saturated carbocycles. The van der Waals surface area contributed by atoms with E-state index in [-0.39, 0.29) is 18.8 Å². The lowest BCUT2D eigenvalue weighted by Crippen LogP contribution is -2.40. The van der Waals surface area contributed by atoms with Crippen molar-refractivity contribution in [2.24, 2.45) is 4.99 Å². The molecule has 0 radical (unpaired) electrons. The number of methoxy groups -OCH3 is 1. The first-order valence-corrected chi connectivity index (χ1v) is 16.9. The molecule has 2 heterocycles. The fraction of sp³-hybridized carbons (Fsp3) is 0.205. The molecule has 0 N–H and O–H groups in total. The zero-order valence-corrected chi connectivity index (χ0v) is 28.7. The number of nitrogens with zero attached hydrogens (tertiary/aromatic N) is 2. The molecule has 0 bridgehead atoms. The fourth-order valence-electron chi connectivity index (χ4n) is 5.70. The van der Waals surface area contributed by atoms with Crippen molar-refractivity contribution in [2.45, 2.75) is 39.3 Å². The molecule has 0 spiro atoms. The molecule has 0 saturated heterocycles. The lowest BCUT2D eigenvalue weighted by atomic mass is 9.91. The first kappa shape index (κ1) is 33.0. The molecule has 1 atom stereocenters. The summed E-state index contributed by atoms with van der Waals surface area (Å²) in [6.45, 7) is 6.45. The highest BCUT2D eigenvalue weighted by molar-refractivity contribution is 7.07. The number of halogens is 1. The van der Waals surface area contributed by atoms with E-state index in [1.54, 1.807) is 24.7 Å². The average molecular weight is 679 g/mol. The molecule has 7 nitrogen and oxygen atoms in total. The summed E-state index contributed by atoms with van der Waals surface area (Å²) in [6.07, 6.45) is 1.79. The third kappa shape index (κ3) is 6.72. The number of benzene rings is 4. The van der Waals surface area contributed by atoms with Crippen LogP contribution in [-0.4, -0.2) is 24.3 Å². The van der Waals surface area contributed by atoms with Gasteiger partial charge in [-0.1, -0.05) is 116 Å². The van der Waals surface area contributed by atoms with E-state index in [0.717, 1.165) is 22.3 Å². The van der Waals surface area contributed by atoms with Crippen LogP contribution in [0.3, 0.4) is 0 Å². The van der Waals surface area contributed by atoms with Gasteiger partial charge in [-0.3, -0.25) is 9.36 Å². The topological polar surface area (TPSA) is 79.1 Å². The Morgan fingerprint density at radius 2 is 1.75 bits per heavy atom. The molecule has 0 unspecified atom stereocenters. The molecule has 48 heavy (non-hydrogen) atoms. The first-order valence-electron chi connectivity index (χ1n) is 15.7. The number of fused-ring (bicyclic) bond motifs is 1. The van der Waals surface area contributed by atoms with Gasteiger partial charge in [0.25, 0.3) is 5.56 Å². The Bertz CT molecular complexity index is 2170. The van der Waals surface area contributed by atoms with Crippen LogP contribution in [0.25, 0.3) is 11.8 Å². The quantitative estimate of drug-likeness (QED) is 0.145. The molecule has 1 aliphatic heterocycles. The minimum atomic E-state index is -0.761. The normalized spacial score (nSPS) is 14.5. The van der Waals surface area contributed by atoms with Crippen LogP contribution in [-0.2, 0) is 16.1 Å². The molecule has 9 heteroatoms. The summed E-state index contributed by atoms with van der Waals surface area (Å²) in [5.74, 6) is 0.817. The zero-order chi connectivity index (χ0) is 33.8. The molecule has 0 aliphatic carbocycles. The monoisotopic (exact) mass is 678 g/mol. The Morgan fingerprint density at radius 3 is 2.44 bits per heavy atom. The van der Waals surface area contributed by atoms with Crippen molar-refractivity contribution in [2.75, 3.05) is 13.7 Å². The van der Waals surface area contributed by atoms with Gasteiger partial charge in [-0.2, -0.15) is 0 Å². The van der Waals surface area contributed by atoms with Crippen LogP contribution in [0.4, 0.5) is 0 Å². The van der Waals surface area contributed by atoms with Crippen LogP contribution in [0.15, 0.2) is 112 Å². The van der Waals surface area contributed by atoms with E-state index in [4.69, 9.17) is 30.8 Å². The lowest BCUT2D eigenvalue weighted by molar-refractivity contribution is -0.138. The summed E-state index contributed by atoms with van der Waals surface area (Å²) >= 11 is 7.46. The zero-order valence-electron chi connectivity index (χ0n) is 27.1. The van der Waals surface area contributed by atoms with Crippen molar-refractivity contribution in [1.29, 1.82) is 0 Å². The highest BCUT2D eigenvalue weighted by atomic mass is 35.5. The molecule has 0 fully saturated rings. The largest absolute Gasteiger partial charge is 0.493 e. The number of esters is 1. The molecule has 6 rings (SSSR count). The molecule has 244 valence electrons. The number of carbonyl (C=O) groups is 1. The van der Waals surface area contributed by atoms with Crippen molar-refractivity contribution in [3.8, 4) is 11.5 Å². The Morgan fingerprint density at radius 1 is 1.00 bits per heavy atom. The van der Waals surface area contributed by atoms with Crippen molar-refractivity contribution < 1.29 is 19.0 Å². The van der Waals surface area contributed by atoms with Crippen molar-refractivity contribution in [3.05, 3.63) is 155 Å². The number of ether oxygens (including phenoxy) is 3. The Hall–Kier alpha value is -4.92. The summed E-state index contributed by atoms with van der Waals surface area (Å²) in [4.78, 5) is 33.7. The Balaban J connectivity index is 1.55. The smallest absolute Gasteiger partial charge is 0.338 e. The number of carbonyl (C=O) groups excluding carboxylic acids is 1. The number of hydrogen-bond donors (Lipinski definition) is 0. The van der Waals surface area contributed by atoms with Gasteiger partial charge >= 0.3 is 5.97 Å². The minimum absolute atomic E-state index is 0.182. The van der Waals surface area contributed by atoms with Crippen molar-refractivity contribution in [3.63, 3.8) is 0 Å². The fourth-order valence-corrected chi connectivity index (χ4v) is 6.91. The number of thiazole rings is 1. The molecular weight excluding hydrogens is 644 g/mol. The van der Waals surface area contributed by atoms with Gasteiger partial charge in [0.05, 0.1) is 35.6 Å². The van der Waals surface area contributed by atoms with Gasteiger partial charge in [0.1, 0.15) is 6.61 Å². The van der Waals surface area contributed by atoms with Gasteiger partial charge in [0.15, 0.2) is 16.3 Å². The third-order valence-electron chi connectivity index (χ3n) is 8.08. The summed E-state index contributed by atoms with van der Waals surface area (Å²) in [6, 6.07) is 29.8. The predicted octanol–water partition coefficient (Wildman–Crippen LogP) is 7.30. The molecule has 5 aromatic rings. The first-order chi connectivity index (χ1) is 23.3. The van der Waals surface area contributed by atoms with Crippen LogP contribution in [0, 0.1) is 0 Å². The van der Waals surface area contributed by atoms with Crippen molar-refractivity contribution >= 4 is 40.7 Å². The van der Waals surface area contributed by atoms with Crippen LogP contribution in [0.1, 0.15) is 60.5 Å². The summed E-state index contributed by atoms with van der Waals surface area (Å²) < 4.78 is 19.6. The van der Waals surface area contributed by atoms with Gasteiger partial charge in [-0.25, -0.2) is 9.79 Å². The maximum absolute atomic E-state index is 14.4. The standard InChI is InChI=1S/C39H35ClN2O5S/c1-5-46-38(44)33-34(27-12-7-6-8-13-27)41-39-42(35(33)28-19-17-26(18-20-28)24(2)3)37(43)32(48-39)22-29-14-10-16-31(45-4)36(29)47-23-25-11-9-15-30(40)21-25/h6-22,24,35H,5,23H2,1-4H3/b32-22-/t35-/m1/s1. The molecule has 0 amide bonds. The summed E-state index contributed by atoms with van der Waals surface area (Å²) in [5.41, 5.74) is 4.75. The van der Waals surface area contributed by atoms with E-state index < -0.39 is 12.0 Å². The second-order valence-corrected chi connectivity index (χ2v) is 13.0. The van der Waals surface area contributed by atoms with E-state index in [1.165, 1.54) is 11.3 Å². The maximum atomic E-state index is 14.4. The van der Waals surface area contributed by atoms with Gasteiger partial charge in [0.2, 0.25) is 0 Å². The Kier molecular flexibility index (Phi) is 9.94. The number of para-hydroxylation sites is 1. The second kappa shape index (κ2) is 14.5. The lowest BCUT2D eigenvalue weighted by Gasteiger charge is -2.26. The van der Waals surface area contributed by atoms with E-state index in [0.29, 0.717) is 48.6 Å².